The molecule has 0 saturated carbocycles. The first-order valence-corrected chi connectivity index (χ1v) is 8.40. The van der Waals surface area contributed by atoms with Gasteiger partial charge in [0.25, 0.3) is 5.91 Å². The Labute approximate surface area is 157 Å². The fraction of sp³-hybridized carbons (Fsp3) is 0.444. The second-order valence-electron chi connectivity index (χ2n) is 6.56. The lowest BCUT2D eigenvalue weighted by molar-refractivity contribution is -0.148. The summed E-state index contributed by atoms with van der Waals surface area (Å²) in [6.45, 7) is 4.83. The van der Waals surface area contributed by atoms with Crippen LogP contribution < -0.4 is 16.0 Å². The van der Waals surface area contributed by atoms with E-state index in [1.54, 1.807) is 20.8 Å². The van der Waals surface area contributed by atoms with E-state index in [9.17, 15) is 19.2 Å². The zero-order valence-corrected chi connectivity index (χ0v) is 15.7. The molecule has 9 heteroatoms. The van der Waals surface area contributed by atoms with E-state index >= 15 is 0 Å². The van der Waals surface area contributed by atoms with Gasteiger partial charge < -0.3 is 20.1 Å². The lowest BCUT2D eigenvalue weighted by atomic mass is 10.2. The number of alkyl carbamates (subject to hydrolysis) is 1. The molecule has 0 fully saturated rings. The number of esters is 1. The van der Waals surface area contributed by atoms with Crippen LogP contribution in [0.2, 0.25) is 0 Å². The summed E-state index contributed by atoms with van der Waals surface area (Å²) in [6.07, 6.45) is -0.782. The summed E-state index contributed by atoms with van der Waals surface area (Å²) in [5.41, 5.74) is 0.244. The molecule has 0 heterocycles. The summed E-state index contributed by atoms with van der Waals surface area (Å²) in [5.74, 6) is -1.44. The number of urea groups is 1. The number of carbonyl (C=O) groups excluding carboxylic acids is 4. The van der Waals surface area contributed by atoms with Gasteiger partial charge in [-0.3, -0.25) is 14.9 Å². The quantitative estimate of drug-likeness (QED) is 0.617. The Morgan fingerprint density at radius 3 is 2.30 bits per heavy atom. The van der Waals surface area contributed by atoms with Gasteiger partial charge in [-0.15, -0.1) is 0 Å². The monoisotopic (exact) mass is 379 g/mol. The third kappa shape index (κ3) is 11.2. The zero-order valence-electron chi connectivity index (χ0n) is 15.7. The fourth-order valence-electron chi connectivity index (χ4n) is 1.78. The Morgan fingerprint density at radius 1 is 1.00 bits per heavy atom. The van der Waals surface area contributed by atoms with E-state index in [-0.39, 0.29) is 19.5 Å². The van der Waals surface area contributed by atoms with Crippen LogP contribution in [-0.2, 0) is 25.6 Å². The number of ether oxygens (including phenoxy) is 2. The van der Waals surface area contributed by atoms with Crippen LogP contribution in [0.5, 0.6) is 0 Å². The normalized spacial score (nSPS) is 10.5. The van der Waals surface area contributed by atoms with Crippen molar-refractivity contribution < 1.29 is 28.7 Å². The van der Waals surface area contributed by atoms with Crippen molar-refractivity contribution >= 4 is 24.0 Å². The van der Waals surface area contributed by atoms with Gasteiger partial charge in [-0.1, -0.05) is 30.3 Å². The molecule has 0 radical (unpaired) electrons. The van der Waals surface area contributed by atoms with Gasteiger partial charge in [0, 0.05) is 13.1 Å². The van der Waals surface area contributed by atoms with Gasteiger partial charge >= 0.3 is 18.1 Å². The molecule has 1 aromatic rings. The minimum Gasteiger partial charge on any atom is -0.456 e. The summed E-state index contributed by atoms with van der Waals surface area (Å²) >= 11 is 0. The average molecular weight is 379 g/mol. The molecule has 1 aromatic carbocycles. The molecule has 3 N–H and O–H groups in total. The van der Waals surface area contributed by atoms with Gasteiger partial charge in [-0.25, -0.2) is 9.59 Å². The first-order valence-electron chi connectivity index (χ1n) is 8.40. The van der Waals surface area contributed by atoms with Crippen molar-refractivity contribution in [2.45, 2.75) is 39.3 Å². The molecule has 1 rings (SSSR count). The Balaban J connectivity index is 2.15. The van der Waals surface area contributed by atoms with Crippen molar-refractivity contribution in [3.05, 3.63) is 35.9 Å². The third-order valence-electron chi connectivity index (χ3n) is 2.91. The Morgan fingerprint density at radius 2 is 1.67 bits per heavy atom. The average Bonchev–Trinajstić information content (AvgIpc) is 2.57. The molecule has 0 unspecified atom stereocenters. The molecule has 0 aromatic heterocycles. The predicted molar refractivity (Wildman–Crippen MR) is 96.6 cm³/mol. The van der Waals surface area contributed by atoms with Crippen LogP contribution in [0.3, 0.4) is 0 Å². The van der Waals surface area contributed by atoms with Gasteiger partial charge in [0.05, 0.1) is 6.42 Å². The fourth-order valence-corrected chi connectivity index (χ4v) is 1.78. The largest absolute Gasteiger partial charge is 0.456 e. The molecule has 148 valence electrons. The number of hydrogen-bond acceptors (Lipinski definition) is 6. The third-order valence-corrected chi connectivity index (χ3v) is 2.91. The van der Waals surface area contributed by atoms with Gasteiger partial charge in [-0.2, -0.15) is 0 Å². The molecule has 4 amide bonds. The van der Waals surface area contributed by atoms with E-state index in [4.69, 9.17) is 9.47 Å². The van der Waals surface area contributed by atoms with Crippen LogP contribution >= 0.6 is 0 Å². The van der Waals surface area contributed by atoms with Crippen molar-refractivity contribution in [2.24, 2.45) is 0 Å². The maximum Gasteiger partial charge on any atom is 0.407 e. The number of carbonyl (C=O) groups is 4. The smallest absolute Gasteiger partial charge is 0.407 e. The van der Waals surface area contributed by atoms with Crippen LogP contribution in [0.25, 0.3) is 0 Å². The molecular weight excluding hydrogens is 354 g/mol. The van der Waals surface area contributed by atoms with Crippen molar-refractivity contribution in [3.8, 4) is 0 Å². The summed E-state index contributed by atoms with van der Waals surface area (Å²) < 4.78 is 9.73. The number of benzene rings is 1. The highest BCUT2D eigenvalue weighted by Gasteiger charge is 2.16. The highest BCUT2D eigenvalue weighted by molar-refractivity contribution is 5.95. The lowest BCUT2D eigenvalue weighted by Gasteiger charge is -2.19. The van der Waals surface area contributed by atoms with E-state index < -0.39 is 36.2 Å². The first kappa shape index (κ1) is 21.9. The van der Waals surface area contributed by atoms with Crippen molar-refractivity contribution in [3.63, 3.8) is 0 Å². The summed E-state index contributed by atoms with van der Waals surface area (Å²) in [7, 11) is 0. The first-order chi connectivity index (χ1) is 12.7. The van der Waals surface area contributed by atoms with Crippen molar-refractivity contribution in [1.82, 2.24) is 16.0 Å². The molecule has 0 aliphatic carbocycles. The Bertz CT molecular complexity index is 655. The predicted octanol–water partition coefficient (Wildman–Crippen LogP) is 1.47. The second kappa shape index (κ2) is 10.8. The minimum absolute atomic E-state index is 0.00687. The summed E-state index contributed by atoms with van der Waals surface area (Å²) in [5, 5.41) is 6.96. The highest BCUT2D eigenvalue weighted by atomic mass is 16.6. The highest BCUT2D eigenvalue weighted by Crippen LogP contribution is 2.06. The van der Waals surface area contributed by atoms with E-state index in [1.165, 1.54) is 0 Å². The number of nitrogens with one attached hydrogen (secondary N) is 3. The number of amides is 4. The van der Waals surface area contributed by atoms with Crippen LogP contribution in [0, 0.1) is 0 Å². The van der Waals surface area contributed by atoms with Gasteiger partial charge in [-0.05, 0) is 26.3 Å². The molecule has 9 nitrogen and oxygen atoms in total. The van der Waals surface area contributed by atoms with E-state index in [1.807, 2.05) is 35.6 Å². The molecule has 0 bridgehead atoms. The van der Waals surface area contributed by atoms with Gasteiger partial charge in [0.1, 0.15) is 5.60 Å². The zero-order chi connectivity index (χ0) is 20.3. The van der Waals surface area contributed by atoms with Gasteiger partial charge in [0.15, 0.2) is 6.61 Å². The van der Waals surface area contributed by atoms with Crippen molar-refractivity contribution in [2.75, 3.05) is 13.2 Å². The summed E-state index contributed by atoms with van der Waals surface area (Å²) in [6, 6.07) is 8.48. The molecule has 0 atom stereocenters. The van der Waals surface area contributed by atoms with Crippen molar-refractivity contribution in [1.29, 1.82) is 0 Å². The van der Waals surface area contributed by atoms with Gasteiger partial charge in [0.2, 0.25) is 0 Å². The number of hydrogen-bond donors (Lipinski definition) is 3. The van der Waals surface area contributed by atoms with E-state index in [0.29, 0.717) is 0 Å². The van der Waals surface area contributed by atoms with Crippen LogP contribution in [-0.4, -0.2) is 42.8 Å². The molecule has 0 aliphatic rings. The molecule has 0 aliphatic heterocycles. The standard InChI is InChI=1S/C18H25N3O6/c1-18(2,3)27-17(25)19-10-9-15(23)26-12-14(22)21-16(24)20-11-13-7-5-4-6-8-13/h4-8H,9-12H2,1-3H3,(H,19,25)(H2,20,21,22,24). The second-order valence-corrected chi connectivity index (χ2v) is 6.56. The molecular formula is C18H25N3O6. The number of rotatable bonds is 7. The Hall–Kier alpha value is -3.10. The topological polar surface area (TPSA) is 123 Å². The van der Waals surface area contributed by atoms with Crippen LogP contribution in [0.4, 0.5) is 9.59 Å². The van der Waals surface area contributed by atoms with E-state index in [2.05, 4.69) is 10.6 Å². The van der Waals surface area contributed by atoms with Crippen LogP contribution in [0.15, 0.2) is 30.3 Å². The molecule has 0 spiro atoms. The number of imide groups is 1. The van der Waals surface area contributed by atoms with Crippen LogP contribution in [0.1, 0.15) is 32.8 Å². The minimum atomic E-state index is -0.756. The van der Waals surface area contributed by atoms with E-state index in [0.717, 1.165) is 5.56 Å². The molecule has 0 saturated heterocycles. The lowest BCUT2D eigenvalue weighted by Crippen LogP contribution is -2.41. The maximum absolute atomic E-state index is 11.6. The maximum atomic E-state index is 11.6. The summed E-state index contributed by atoms with van der Waals surface area (Å²) in [4.78, 5) is 46.1. The molecule has 27 heavy (non-hydrogen) atoms. The Kier molecular flexibility index (Phi) is 8.77. The SMILES string of the molecule is CC(C)(C)OC(=O)NCCC(=O)OCC(=O)NC(=O)NCc1ccccc1.